The van der Waals surface area contributed by atoms with Gasteiger partial charge in [-0.25, -0.2) is 0 Å². The molecule has 0 aliphatic rings. The summed E-state index contributed by atoms with van der Waals surface area (Å²) in [6.45, 7) is 2.22. The van der Waals surface area contributed by atoms with Crippen molar-refractivity contribution >= 4 is 10.1 Å². The van der Waals surface area contributed by atoms with Crippen molar-refractivity contribution in [2.45, 2.75) is 76.0 Å². The van der Waals surface area contributed by atoms with Crippen LogP contribution in [0.2, 0.25) is 0 Å². The number of aryl methyl sites for hydroxylation is 1. The zero-order valence-electron chi connectivity index (χ0n) is 18.1. The topological polar surface area (TPSA) is 86.7 Å². The van der Waals surface area contributed by atoms with Gasteiger partial charge in [0.1, 0.15) is 16.4 Å². The SMILES string of the molecule is CCCCCCCCCCCc1cc([O-])cc(Oc2ccccc2S(=O)(=O)O)c1.[K+]. The average molecular weight is 459 g/mol. The molecule has 2 rings (SSSR count). The Bertz CT molecular complexity index is 868. The van der Waals surface area contributed by atoms with Gasteiger partial charge in [0.15, 0.2) is 0 Å². The van der Waals surface area contributed by atoms with Crippen molar-refractivity contribution in [1.29, 1.82) is 0 Å². The zero-order valence-corrected chi connectivity index (χ0v) is 22.0. The van der Waals surface area contributed by atoms with Crippen LogP contribution >= 0.6 is 0 Å². The molecule has 0 aliphatic heterocycles. The number of benzene rings is 2. The second kappa shape index (κ2) is 14.6. The molecule has 7 heteroatoms. The molecule has 0 aliphatic carbocycles. The molecule has 0 heterocycles. The predicted molar refractivity (Wildman–Crippen MR) is 113 cm³/mol. The minimum atomic E-state index is -4.41. The summed E-state index contributed by atoms with van der Waals surface area (Å²) in [5.74, 6) is 0.0897. The van der Waals surface area contributed by atoms with E-state index in [0.29, 0.717) is 0 Å². The third-order valence-electron chi connectivity index (χ3n) is 4.86. The first-order valence-corrected chi connectivity index (χ1v) is 11.9. The summed E-state index contributed by atoms with van der Waals surface area (Å²) >= 11 is 0. The smallest absolute Gasteiger partial charge is 0.872 e. The van der Waals surface area contributed by atoms with Gasteiger partial charge in [0, 0.05) is 0 Å². The first-order valence-electron chi connectivity index (χ1n) is 10.5. The van der Waals surface area contributed by atoms with Gasteiger partial charge in [0.25, 0.3) is 10.1 Å². The fourth-order valence-electron chi connectivity index (χ4n) is 3.35. The van der Waals surface area contributed by atoms with Gasteiger partial charge in [0.2, 0.25) is 0 Å². The summed E-state index contributed by atoms with van der Waals surface area (Å²) in [5, 5.41) is 12.0. The van der Waals surface area contributed by atoms with E-state index in [1.54, 1.807) is 18.2 Å². The van der Waals surface area contributed by atoms with Crippen molar-refractivity contribution < 1.29 is 74.2 Å². The van der Waals surface area contributed by atoms with E-state index < -0.39 is 10.1 Å². The van der Waals surface area contributed by atoms with E-state index in [9.17, 15) is 18.1 Å². The Morgan fingerprint density at radius 3 is 2.13 bits per heavy atom. The molecule has 2 aromatic rings. The van der Waals surface area contributed by atoms with Crippen LogP contribution in [0.1, 0.15) is 70.3 Å². The second-order valence-electron chi connectivity index (χ2n) is 7.41. The fraction of sp³-hybridized carbons (Fsp3) is 0.478. The summed E-state index contributed by atoms with van der Waals surface area (Å²) in [7, 11) is -4.41. The summed E-state index contributed by atoms with van der Waals surface area (Å²) in [5.41, 5.74) is 0.875. The third-order valence-corrected chi connectivity index (χ3v) is 5.76. The van der Waals surface area contributed by atoms with Gasteiger partial charge in [-0.05, 0) is 42.7 Å². The molecule has 0 fully saturated rings. The van der Waals surface area contributed by atoms with Crippen LogP contribution in [0.25, 0.3) is 0 Å². The van der Waals surface area contributed by atoms with Crippen LogP contribution in [0.15, 0.2) is 47.4 Å². The molecule has 0 unspecified atom stereocenters. The van der Waals surface area contributed by atoms with Crippen molar-refractivity contribution in [2.24, 2.45) is 0 Å². The van der Waals surface area contributed by atoms with Crippen LogP contribution < -0.4 is 61.2 Å². The molecule has 0 saturated heterocycles. The Morgan fingerprint density at radius 1 is 0.900 bits per heavy atom. The van der Waals surface area contributed by atoms with E-state index in [0.717, 1.165) is 24.8 Å². The number of rotatable bonds is 13. The molecule has 2 aromatic carbocycles. The zero-order chi connectivity index (χ0) is 21.1. The largest absolute Gasteiger partial charge is 1.00 e. The van der Waals surface area contributed by atoms with Crippen LogP contribution in [0, 0.1) is 0 Å². The molecule has 0 bridgehead atoms. The van der Waals surface area contributed by atoms with Gasteiger partial charge in [-0.2, -0.15) is 8.42 Å². The van der Waals surface area contributed by atoms with Crippen LogP contribution in [-0.4, -0.2) is 13.0 Å². The third kappa shape index (κ3) is 10.3. The van der Waals surface area contributed by atoms with Crippen molar-refractivity contribution in [3.8, 4) is 17.2 Å². The maximum atomic E-state index is 12.0. The van der Waals surface area contributed by atoms with Gasteiger partial charge in [-0.3, -0.25) is 4.55 Å². The molecular formula is C23H31KO5S. The van der Waals surface area contributed by atoms with E-state index in [-0.39, 0.29) is 73.5 Å². The average Bonchev–Trinajstić information content (AvgIpc) is 2.66. The molecule has 0 amide bonds. The molecule has 5 nitrogen and oxygen atoms in total. The Hall–Kier alpha value is -0.414. The predicted octanol–water partition coefficient (Wildman–Crippen LogP) is 2.88. The van der Waals surface area contributed by atoms with E-state index in [1.807, 2.05) is 0 Å². The number of hydrogen-bond acceptors (Lipinski definition) is 4. The Balaban J connectivity index is 0.00000450. The minimum absolute atomic E-state index is 0. The maximum Gasteiger partial charge on any atom is 1.00 e. The fourth-order valence-corrected chi connectivity index (χ4v) is 3.96. The molecular weight excluding hydrogens is 427 g/mol. The van der Waals surface area contributed by atoms with E-state index >= 15 is 0 Å². The number of hydrogen-bond donors (Lipinski definition) is 1. The van der Waals surface area contributed by atoms with Gasteiger partial charge >= 0.3 is 51.4 Å². The molecule has 0 aromatic heterocycles. The van der Waals surface area contributed by atoms with Crippen LogP contribution in [-0.2, 0) is 16.5 Å². The van der Waals surface area contributed by atoms with E-state index in [1.165, 1.54) is 69.2 Å². The van der Waals surface area contributed by atoms with E-state index in [2.05, 4.69) is 6.92 Å². The van der Waals surface area contributed by atoms with Crippen LogP contribution in [0.4, 0.5) is 0 Å². The molecule has 30 heavy (non-hydrogen) atoms. The van der Waals surface area contributed by atoms with Gasteiger partial charge < -0.3 is 9.84 Å². The monoisotopic (exact) mass is 458 g/mol. The Morgan fingerprint density at radius 2 is 1.50 bits per heavy atom. The van der Waals surface area contributed by atoms with Crippen LogP contribution in [0.5, 0.6) is 17.2 Å². The van der Waals surface area contributed by atoms with E-state index in [4.69, 9.17) is 4.74 Å². The normalized spacial score (nSPS) is 11.1. The van der Waals surface area contributed by atoms with Crippen molar-refractivity contribution in [1.82, 2.24) is 0 Å². The van der Waals surface area contributed by atoms with Crippen molar-refractivity contribution in [3.05, 3.63) is 48.0 Å². The first kappa shape index (κ1) is 27.6. The molecule has 0 spiro atoms. The van der Waals surface area contributed by atoms with Gasteiger partial charge in [0.05, 0.1) is 0 Å². The molecule has 0 atom stereocenters. The first-order chi connectivity index (χ1) is 13.9. The summed E-state index contributed by atoms with van der Waals surface area (Å²) in [6, 6.07) is 10.5. The minimum Gasteiger partial charge on any atom is -0.872 e. The Kier molecular flexibility index (Phi) is 13.5. The number of unbranched alkanes of at least 4 members (excludes halogenated alkanes) is 8. The number of ether oxygens (including phenoxy) is 1. The van der Waals surface area contributed by atoms with Gasteiger partial charge in [-0.1, -0.05) is 76.5 Å². The molecule has 0 radical (unpaired) electrons. The van der Waals surface area contributed by atoms with Crippen LogP contribution in [0.3, 0.4) is 0 Å². The summed E-state index contributed by atoms with van der Waals surface area (Å²) in [4.78, 5) is -0.322. The standard InChI is InChI=1S/C23H32O5S.K/c1-2-3-4-5-6-7-8-9-10-13-19-16-20(24)18-21(17-19)28-22-14-11-12-15-23(22)29(25,26)27;/h11-12,14-18,24H,2-10,13H2,1H3,(H,25,26,27);/q;+1/p-1. The summed E-state index contributed by atoms with van der Waals surface area (Å²) < 4.78 is 37.9. The Labute approximate surface area is 223 Å². The maximum absolute atomic E-state index is 12.0. The van der Waals surface area contributed by atoms with Crippen molar-refractivity contribution in [2.75, 3.05) is 0 Å². The van der Waals surface area contributed by atoms with Crippen molar-refractivity contribution in [3.63, 3.8) is 0 Å². The number of para-hydroxylation sites is 1. The molecule has 160 valence electrons. The molecule has 1 N–H and O–H groups in total. The second-order valence-corrected chi connectivity index (χ2v) is 8.80. The van der Waals surface area contributed by atoms with Gasteiger partial charge in [-0.15, -0.1) is 5.75 Å². The quantitative estimate of drug-likeness (QED) is 0.283. The molecule has 0 saturated carbocycles. The summed E-state index contributed by atoms with van der Waals surface area (Å²) in [6.07, 6.45) is 11.9.